The largest absolute Gasteiger partial charge is 0.503 e. The number of carboxylic acid groups (broad SMARTS) is 1. The number of rotatable bonds is 4. The monoisotopic (exact) mass is 294 g/mol. The van der Waals surface area contributed by atoms with E-state index < -0.39 is 11.4 Å². The second-order valence-corrected chi connectivity index (χ2v) is 5.91. The molecule has 0 radical (unpaired) electrons. The Morgan fingerprint density at radius 2 is 2.19 bits per heavy atom. The summed E-state index contributed by atoms with van der Waals surface area (Å²) < 4.78 is 1.51. The molecule has 2 N–H and O–H groups in total. The highest BCUT2D eigenvalue weighted by Crippen LogP contribution is 2.21. The molecule has 6 nitrogen and oxygen atoms in total. The van der Waals surface area contributed by atoms with E-state index in [1.54, 1.807) is 6.92 Å². The van der Waals surface area contributed by atoms with Crippen LogP contribution in [0.15, 0.2) is 10.9 Å². The number of pyridine rings is 1. The van der Waals surface area contributed by atoms with Crippen molar-refractivity contribution in [1.82, 2.24) is 9.47 Å². The zero-order valence-electron chi connectivity index (χ0n) is 12.5. The van der Waals surface area contributed by atoms with Crippen LogP contribution in [0.3, 0.4) is 0 Å². The van der Waals surface area contributed by atoms with Crippen molar-refractivity contribution in [3.8, 4) is 5.75 Å². The highest BCUT2D eigenvalue weighted by atomic mass is 16.4. The summed E-state index contributed by atoms with van der Waals surface area (Å²) in [5.41, 5.74) is 0.506. The van der Waals surface area contributed by atoms with Crippen molar-refractivity contribution in [3.63, 3.8) is 0 Å². The molecule has 0 bridgehead atoms. The third kappa shape index (κ3) is 3.64. The Balaban J connectivity index is 2.35. The fourth-order valence-corrected chi connectivity index (χ4v) is 2.98. The second-order valence-electron chi connectivity index (χ2n) is 5.91. The Morgan fingerprint density at radius 3 is 2.81 bits per heavy atom. The topological polar surface area (TPSA) is 82.8 Å². The first kappa shape index (κ1) is 15.6. The number of carboxylic acids is 1. The standard InChI is InChI=1S/C15H22N2O4/c1-10-4-3-5-16(7-10)8-12-15(21)13(18)6-11(2)17(12)9-14(19)20/h6,10,21H,3-5,7-9H2,1-2H3,(H,19,20). The second kappa shape index (κ2) is 6.30. The molecule has 0 amide bonds. The number of carbonyl (C=O) groups is 1. The molecule has 0 saturated carbocycles. The van der Waals surface area contributed by atoms with E-state index in [-0.39, 0.29) is 12.3 Å². The van der Waals surface area contributed by atoms with Gasteiger partial charge in [-0.3, -0.25) is 14.5 Å². The van der Waals surface area contributed by atoms with Crippen LogP contribution in [0, 0.1) is 12.8 Å². The number of piperidine rings is 1. The van der Waals surface area contributed by atoms with Gasteiger partial charge in [0.1, 0.15) is 6.54 Å². The van der Waals surface area contributed by atoms with Crippen LogP contribution in [-0.4, -0.2) is 38.7 Å². The Kier molecular flexibility index (Phi) is 4.67. The molecule has 1 aliphatic heterocycles. The molecule has 1 saturated heterocycles. The summed E-state index contributed by atoms with van der Waals surface area (Å²) in [5, 5.41) is 19.1. The zero-order valence-corrected chi connectivity index (χ0v) is 12.5. The van der Waals surface area contributed by atoms with Gasteiger partial charge in [-0.15, -0.1) is 0 Å². The molecule has 6 heteroatoms. The quantitative estimate of drug-likeness (QED) is 0.871. The molecule has 1 aromatic rings. The van der Waals surface area contributed by atoms with Crippen LogP contribution in [-0.2, 0) is 17.9 Å². The summed E-state index contributed by atoms with van der Waals surface area (Å²) in [6, 6.07) is 1.28. The minimum Gasteiger partial charge on any atom is -0.503 e. The van der Waals surface area contributed by atoms with Crippen molar-refractivity contribution in [2.45, 2.75) is 39.8 Å². The molecular weight excluding hydrogens is 272 g/mol. The number of aliphatic carboxylic acids is 1. The SMILES string of the molecule is Cc1cc(=O)c(O)c(CN2CCCC(C)C2)n1CC(=O)O. The molecule has 1 atom stereocenters. The van der Waals surface area contributed by atoms with Crippen LogP contribution in [0.4, 0.5) is 0 Å². The van der Waals surface area contributed by atoms with Crippen molar-refractivity contribution in [3.05, 3.63) is 27.7 Å². The number of aromatic hydroxyl groups is 1. The predicted octanol–water partition coefficient (Wildman–Crippen LogP) is 1.18. The summed E-state index contributed by atoms with van der Waals surface area (Å²) in [4.78, 5) is 25.0. The molecule has 1 fully saturated rings. The highest BCUT2D eigenvalue weighted by molar-refractivity contribution is 5.67. The van der Waals surface area contributed by atoms with Crippen LogP contribution in [0.5, 0.6) is 5.75 Å². The Hall–Kier alpha value is -1.82. The average molecular weight is 294 g/mol. The number of hydrogen-bond acceptors (Lipinski definition) is 4. The van der Waals surface area contributed by atoms with Gasteiger partial charge < -0.3 is 14.8 Å². The summed E-state index contributed by atoms with van der Waals surface area (Å²) in [7, 11) is 0. The van der Waals surface area contributed by atoms with Gasteiger partial charge in [-0.1, -0.05) is 6.92 Å². The fraction of sp³-hybridized carbons (Fsp3) is 0.600. The van der Waals surface area contributed by atoms with E-state index in [4.69, 9.17) is 5.11 Å². The maximum atomic E-state index is 11.8. The summed E-state index contributed by atoms with van der Waals surface area (Å²) in [6.45, 7) is 5.81. The lowest BCUT2D eigenvalue weighted by atomic mass is 10.00. The Labute approximate surface area is 123 Å². The van der Waals surface area contributed by atoms with Gasteiger partial charge in [0.2, 0.25) is 5.43 Å². The maximum Gasteiger partial charge on any atom is 0.323 e. The van der Waals surface area contributed by atoms with Gasteiger partial charge in [0, 0.05) is 24.8 Å². The van der Waals surface area contributed by atoms with E-state index in [2.05, 4.69) is 11.8 Å². The van der Waals surface area contributed by atoms with Crippen molar-refractivity contribution in [1.29, 1.82) is 0 Å². The number of aryl methyl sites for hydroxylation is 1. The summed E-state index contributed by atoms with van der Waals surface area (Å²) >= 11 is 0. The first-order valence-electron chi connectivity index (χ1n) is 7.25. The minimum absolute atomic E-state index is 0.252. The molecule has 1 aromatic heterocycles. The average Bonchev–Trinajstić information content (AvgIpc) is 2.40. The molecule has 0 aromatic carbocycles. The molecule has 2 heterocycles. The molecule has 2 rings (SSSR count). The highest BCUT2D eigenvalue weighted by Gasteiger charge is 2.21. The van der Waals surface area contributed by atoms with Gasteiger partial charge in [0.15, 0.2) is 5.75 Å². The smallest absolute Gasteiger partial charge is 0.323 e. The van der Waals surface area contributed by atoms with Gasteiger partial charge in [-0.25, -0.2) is 0 Å². The van der Waals surface area contributed by atoms with E-state index >= 15 is 0 Å². The molecule has 1 aliphatic rings. The van der Waals surface area contributed by atoms with Crippen molar-refractivity contribution >= 4 is 5.97 Å². The normalized spacial score (nSPS) is 19.6. The molecule has 21 heavy (non-hydrogen) atoms. The first-order valence-corrected chi connectivity index (χ1v) is 7.25. The van der Waals surface area contributed by atoms with E-state index in [0.29, 0.717) is 23.9 Å². The summed E-state index contributed by atoms with van der Waals surface area (Å²) in [6.07, 6.45) is 2.26. The van der Waals surface area contributed by atoms with Crippen LogP contribution >= 0.6 is 0 Å². The lowest BCUT2D eigenvalue weighted by Gasteiger charge is -2.31. The van der Waals surface area contributed by atoms with Gasteiger partial charge in [-0.05, 0) is 32.2 Å². The van der Waals surface area contributed by atoms with Crippen molar-refractivity contribution < 1.29 is 15.0 Å². The first-order chi connectivity index (χ1) is 9.88. The van der Waals surface area contributed by atoms with Crippen LogP contribution in [0.2, 0.25) is 0 Å². The van der Waals surface area contributed by atoms with E-state index in [1.807, 2.05) is 0 Å². The van der Waals surface area contributed by atoms with E-state index in [9.17, 15) is 14.7 Å². The van der Waals surface area contributed by atoms with Crippen molar-refractivity contribution in [2.24, 2.45) is 5.92 Å². The molecule has 0 spiro atoms. The molecule has 1 unspecified atom stereocenters. The zero-order chi connectivity index (χ0) is 15.6. The molecule has 116 valence electrons. The molecular formula is C15H22N2O4. The van der Waals surface area contributed by atoms with E-state index in [0.717, 1.165) is 19.5 Å². The van der Waals surface area contributed by atoms with Crippen LogP contribution in [0.1, 0.15) is 31.2 Å². The lowest BCUT2D eigenvalue weighted by molar-refractivity contribution is -0.137. The van der Waals surface area contributed by atoms with Crippen LogP contribution < -0.4 is 5.43 Å². The van der Waals surface area contributed by atoms with Gasteiger partial charge >= 0.3 is 5.97 Å². The third-order valence-corrected chi connectivity index (χ3v) is 4.01. The van der Waals surface area contributed by atoms with E-state index in [1.165, 1.54) is 17.1 Å². The number of nitrogens with zero attached hydrogens (tertiary/aromatic N) is 2. The van der Waals surface area contributed by atoms with Crippen molar-refractivity contribution in [2.75, 3.05) is 13.1 Å². The van der Waals surface area contributed by atoms with Gasteiger partial charge in [-0.2, -0.15) is 0 Å². The minimum atomic E-state index is -0.991. The molecule has 0 aliphatic carbocycles. The maximum absolute atomic E-state index is 11.8. The lowest BCUT2D eigenvalue weighted by Crippen LogP contribution is -2.35. The number of hydrogen-bond donors (Lipinski definition) is 2. The summed E-state index contributed by atoms with van der Waals surface area (Å²) in [5.74, 6) is -0.750. The van der Waals surface area contributed by atoms with Crippen LogP contribution in [0.25, 0.3) is 0 Å². The third-order valence-electron chi connectivity index (χ3n) is 4.01. The number of aromatic nitrogens is 1. The Bertz CT molecular complexity index is 594. The Morgan fingerprint density at radius 1 is 1.48 bits per heavy atom. The van der Waals surface area contributed by atoms with Gasteiger partial charge in [0.25, 0.3) is 0 Å². The fourth-order valence-electron chi connectivity index (χ4n) is 2.98. The predicted molar refractivity (Wildman–Crippen MR) is 78.4 cm³/mol. The van der Waals surface area contributed by atoms with Gasteiger partial charge in [0.05, 0.1) is 5.69 Å². The number of likely N-dealkylation sites (tertiary alicyclic amines) is 1.